The lowest BCUT2D eigenvalue weighted by molar-refractivity contribution is -0.132. The largest absolute Gasteiger partial charge is 0.399 e. The molecule has 0 atom stereocenters. The van der Waals surface area contributed by atoms with Gasteiger partial charge in [-0.3, -0.25) is 9.69 Å². The van der Waals surface area contributed by atoms with Crippen molar-refractivity contribution in [1.82, 2.24) is 9.80 Å². The first-order chi connectivity index (χ1) is 9.72. The van der Waals surface area contributed by atoms with E-state index in [4.69, 9.17) is 5.73 Å². The van der Waals surface area contributed by atoms with Crippen molar-refractivity contribution in [2.24, 2.45) is 0 Å². The third-order valence-electron chi connectivity index (χ3n) is 4.56. The number of anilines is 1. The molecule has 2 N–H and O–H groups in total. The second-order valence-electron chi connectivity index (χ2n) is 5.92. The molecule has 0 bridgehead atoms. The molecule has 1 saturated carbocycles. The molecule has 0 unspecified atom stereocenters. The van der Waals surface area contributed by atoms with Crippen LogP contribution in [0.3, 0.4) is 0 Å². The Hall–Kier alpha value is -1.55. The molecule has 1 amide bonds. The van der Waals surface area contributed by atoms with E-state index >= 15 is 0 Å². The van der Waals surface area contributed by atoms with Crippen LogP contribution in [0.1, 0.15) is 24.8 Å². The van der Waals surface area contributed by atoms with E-state index in [1.165, 1.54) is 19.3 Å². The predicted molar refractivity (Wildman–Crippen MR) is 80.4 cm³/mol. The standard InChI is InChI=1S/C16H23N3O/c17-14-4-1-3-13(11-14)12-16(20)19-9-7-18(8-10-19)15-5-2-6-15/h1,3-4,11,15H,2,5-10,12,17H2. The summed E-state index contributed by atoms with van der Waals surface area (Å²) in [5, 5.41) is 0. The van der Waals surface area contributed by atoms with E-state index in [1.54, 1.807) is 0 Å². The number of nitrogen functional groups attached to an aromatic ring is 1. The molecule has 1 aromatic carbocycles. The molecular formula is C16H23N3O. The summed E-state index contributed by atoms with van der Waals surface area (Å²) >= 11 is 0. The number of carbonyl (C=O) groups is 1. The van der Waals surface area contributed by atoms with Crippen LogP contribution >= 0.6 is 0 Å². The van der Waals surface area contributed by atoms with Crippen LogP contribution in [0.4, 0.5) is 5.69 Å². The van der Waals surface area contributed by atoms with Crippen LogP contribution in [0.25, 0.3) is 0 Å². The molecule has 1 heterocycles. The molecule has 0 aromatic heterocycles. The van der Waals surface area contributed by atoms with E-state index in [0.717, 1.165) is 43.5 Å². The molecule has 4 heteroatoms. The first-order valence-electron chi connectivity index (χ1n) is 7.58. The van der Waals surface area contributed by atoms with Gasteiger partial charge in [-0.2, -0.15) is 0 Å². The van der Waals surface area contributed by atoms with Gasteiger partial charge in [0, 0.05) is 37.9 Å². The number of rotatable bonds is 3. The lowest BCUT2D eigenvalue weighted by Gasteiger charge is -2.43. The maximum Gasteiger partial charge on any atom is 0.227 e. The van der Waals surface area contributed by atoms with Crippen LogP contribution in [0.15, 0.2) is 24.3 Å². The topological polar surface area (TPSA) is 49.6 Å². The molecular weight excluding hydrogens is 250 g/mol. The Morgan fingerprint density at radius 3 is 2.55 bits per heavy atom. The summed E-state index contributed by atoms with van der Waals surface area (Å²) in [5.74, 6) is 0.226. The van der Waals surface area contributed by atoms with Crippen molar-refractivity contribution in [3.63, 3.8) is 0 Å². The van der Waals surface area contributed by atoms with Gasteiger partial charge in [0.25, 0.3) is 0 Å². The highest BCUT2D eigenvalue weighted by Gasteiger charge is 2.29. The number of amides is 1. The van der Waals surface area contributed by atoms with Crippen molar-refractivity contribution in [2.45, 2.75) is 31.7 Å². The molecule has 3 rings (SSSR count). The van der Waals surface area contributed by atoms with E-state index in [2.05, 4.69) is 4.90 Å². The SMILES string of the molecule is Nc1cccc(CC(=O)N2CCN(C3CCC3)CC2)c1. The third-order valence-corrected chi connectivity index (χ3v) is 4.56. The number of piperazine rings is 1. The Morgan fingerprint density at radius 1 is 1.20 bits per heavy atom. The molecule has 1 saturated heterocycles. The Labute approximate surface area is 120 Å². The highest BCUT2D eigenvalue weighted by atomic mass is 16.2. The zero-order chi connectivity index (χ0) is 13.9. The van der Waals surface area contributed by atoms with Crippen molar-refractivity contribution < 1.29 is 4.79 Å². The maximum absolute atomic E-state index is 12.3. The second kappa shape index (κ2) is 5.83. The zero-order valence-electron chi connectivity index (χ0n) is 11.9. The van der Waals surface area contributed by atoms with Crippen LogP contribution < -0.4 is 5.73 Å². The van der Waals surface area contributed by atoms with Crippen LogP contribution in [-0.2, 0) is 11.2 Å². The quantitative estimate of drug-likeness (QED) is 0.849. The van der Waals surface area contributed by atoms with Gasteiger partial charge in [-0.1, -0.05) is 18.6 Å². The van der Waals surface area contributed by atoms with Gasteiger partial charge in [-0.15, -0.1) is 0 Å². The number of nitrogens with two attached hydrogens (primary N) is 1. The average Bonchev–Trinajstić information content (AvgIpc) is 2.37. The van der Waals surface area contributed by atoms with Gasteiger partial charge >= 0.3 is 0 Å². The molecule has 2 fully saturated rings. The summed E-state index contributed by atoms with van der Waals surface area (Å²) in [6, 6.07) is 8.42. The van der Waals surface area contributed by atoms with E-state index in [9.17, 15) is 4.79 Å². The summed E-state index contributed by atoms with van der Waals surface area (Å²) in [7, 11) is 0. The Bertz CT molecular complexity index is 476. The van der Waals surface area contributed by atoms with Crippen LogP contribution in [0.5, 0.6) is 0 Å². The minimum atomic E-state index is 0.226. The van der Waals surface area contributed by atoms with Crippen molar-refractivity contribution in [1.29, 1.82) is 0 Å². The third kappa shape index (κ3) is 2.96. The lowest BCUT2D eigenvalue weighted by atomic mass is 9.91. The summed E-state index contributed by atoms with van der Waals surface area (Å²) in [4.78, 5) is 16.9. The van der Waals surface area contributed by atoms with Gasteiger partial charge in [0.15, 0.2) is 0 Å². The molecule has 20 heavy (non-hydrogen) atoms. The fourth-order valence-electron chi connectivity index (χ4n) is 3.08. The Balaban J connectivity index is 1.51. The molecule has 1 aliphatic heterocycles. The van der Waals surface area contributed by atoms with E-state index in [0.29, 0.717) is 6.42 Å². The average molecular weight is 273 g/mol. The molecule has 4 nitrogen and oxygen atoms in total. The van der Waals surface area contributed by atoms with E-state index < -0.39 is 0 Å². The van der Waals surface area contributed by atoms with Crippen molar-refractivity contribution in [3.8, 4) is 0 Å². The minimum absolute atomic E-state index is 0.226. The van der Waals surface area contributed by atoms with Crippen molar-refractivity contribution in [3.05, 3.63) is 29.8 Å². The molecule has 0 radical (unpaired) electrons. The number of hydrogen-bond donors (Lipinski definition) is 1. The van der Waals surface area contributed by atoms with Crippen molar-refractivity contribution in [2.75, 3.05) is 31.9 Å². The first-order valence-corrected chi connectivity index (χ1v) is 7.58. The summed E-state index contributed by atoms with van der Waals surface area (Å²) in [6.07, 6.45) is 4.53. The monoisotopic (exact) mass is 273 g/mol. The molecule has 2 aliphatic rings. The fourth-order valence-corrected chi connectivity index (χ4v) is 3.08. The maximum atomic E-state index is 12.3. The van der Waals surface area contributed by atoms with Gasteiger partial charge in [-0.25, -0.2) is 0 Å². The lowest BCUT2D eigenvalue weighted by Crippen LogP contribution is -2.53. The Kier molecular flexibility index (Phi) is 3.92. The Morgan fingerprint density at radius 2 is 1.95 bits per heavy atom. The number of nitrogens with zero attached hydrogens (tertiary/aromatic N) is 2. The minimum Gasteiger partial charge on any atom is -0.399 e. The van der Waals surface area contributed by atoms with Gasteiger partial charge in [0.05, 0.1) is 6.42 Å². The van der Waals surface area contributed by atoms with Crippen LogP contribution in [0, 0.1) is 0 Å². The summed E-state index contributed by atoms with van der Waals surface area (Å²) < 4.78 is 0. The number of hydrogen-bond acceptors (Lipinski definition) is 3. The molecule has 1 aromatic rings. The second-order valence-corrected chi connectivity index (χ2v) is 5.92. The number of benzene rings is 1. The van der Waals surface area contributed by atoms with Gasteiger partial charge in [0.1, 0.15) is 0 Å². The normalized spacial score (nSPS) is 20.7. The predicted octanol–water partition coefficient (Wildman–Crippen LogP) is 1.51. The summed E-state index contributed by atoms with van der Waals surface area (Å²) in [5.41, 5.74) is 7.49. The van der Waals surface area contributed by atoms with Crippen molar-refractivity contribution >= 4 is 11.6 Å². The zero-order valence-corrected chi connectivity index (χ0v) is 11.9. The highest BCUT2D eigenvalue weighted by Crippen LogP contribution is 2.25. The highest BCUT2D eigenvalue weighted by molar-refractivity contribution is 5.79. The molecule has 108 valence electrons. The number of carbonyl (C=O) groups excluding carboxylic acids is 1. The first kappa shape index (κ1) is 13.4. The molecule has 0 spiro atoms. The van der Waals surface area contributed by atoms with Gasteiger partial charge in [-0.05, 0) is 30.5 Å². The molecule has 1 aliphatic carbocycles. The fraction of sp³-hybridized carbons (Fsp3) is 0.562. The van der Waals surface area contributed by atoms with Crippen LogP contribution in [0.2, 0.25) is 0 Å². The van der Waals surface area contributed by atoms with Gasteiger partial charge < -0.3 is 10.6 Å². The van der Waals surface area contributed by atoms with Crippen LogP contribution in [-0.4, -0.2) is 47.9 Å². The smallest absolute Gasteiger partial charge is 0.227 e. The van der Waals surface area contributed by atoms with Gasteiger partial charge in [0.2, 0.25) is 5.91 Å². The van der Waals surface area contributed by atoms with E-state index in [-0.39, 0.29) is 5.91 Å². The van der Waals surface area contributed by atoms with E-state index in [1.807, 2.05) is 29.2 Å². The summed E-state index contributed by atoms with van der Waals surface area (Å²) in [6.45, 7) is 3.82.